The molecule has 1 aromatic heterocycles. The van der Waals surface area contributed by atoms with Crippen molar-refractivity contribution in [1.82, 2.24) is 9.55 Å². The molecule has 1 N–H and O–H groups in total. The monoisotopic (exact) mass is 218 g/mol. The lowest BCUT2D eigenvalue weighted by Gasteiger charge is -2.04. The molecule has 0 fully saturated rings. The van der Waals surface area contributed by atoms with Crippen molar-refractivity contribution in [1.29, 1.82) is 0 Å². The molecule has 2 aromatic rings. The van der Waals surface area contributed by atoms with Crippen LogP contribution in [0.5, 0.6) is 0 Å². The van der Waals surface area contributed by atoms with E-state index in [1.165, 1.54) is 0 Å². The summed E-state index contributed by atoms with van der Waals surface area (Å²) < 4.78 is 0.891. The van der Waals surface area contributed by atoms with Crippen molar-refractivity contribution in [3.05, 3.63) is 44.6 Å². The summed E-state index contributed by atoms with van der Waals surface area (Å²) in [5.41, 5.74) is 0.287. The number of aldehydes is 1. The Morgan fingerprint density at radius 1 is 1.38 bits per heavy atom. The molecule has 5 nitrogen and oxygen atoms in total. The van der Waals surface area contributed by atoms with Gasteiger partial charge in [0.15, 0.2) is 0 Å². The Labute approximate surface area is 90.3 Å². The molecular formula is C11H10N2O3. The van der Waals surface area contributed by atoms with Crippen molar-refractivity contribution in [3.63, 3.8) is 0 Å². The van der Waals surface area contributed by atoms with E-state index in [1.807, 2.05) is 0 Å². The van der Waals surface area contributed by atoms with Gasteiger partial charge in [0.25, 0.3) is 5.56 Å². The van der Waals surface area contributed by atoms with Crippen molar-refractivity contribution < 1.29 is 4.79 Å². The molecule has 2 rings (SSSR count). The summed E-state index contributed by atoms with van der Waals surface area (Å²) in [4.78, 5) is 36.4. The second-order valence-corrected chi connectivity index (χ2v) is 3.51. The summed E-state index contributed by atoms with van der Waals surface area (Å²) in [7, 11) is 0. The average Bonchev–Trinajstić information content (AvgIpc) is 2.24. The number of aromatic nitrogens is 2. The summed E-state index contributed by atoms with van der Waals surface area (Å²) >= 11 is 0. The van der Waals surface area contributed by atoms with Gasteiger partial charge in [0.05, 0.1) is 17.4 Å². The molecule has 1 heterocycles. The number of H-pyrrole nitrogens is 1. The number of fused-ring (bicyclic) bond motifs is 1. The highest BCUT2D eigenvalue weighted by Crippen LogP contribution is 2.09. The van der Waals surface area contributed by atoms with Crippen molar-refractivity contribution in [2.45, 2.75) is 13.5 Å². The highest BCUT2D eigenvalue weighted by atomic mass is 16.2. The Kier molecular flexibility index (Phi) is 2.44. The number of hydrogen-bond acceptors (Lipinski definition) is 3. The molecule has 0 saturated heterocycles. The first-order valence-electron chi connectivity index (χ1n) is 4.81. The van der Waals surface area contributed by atoms with Gasteiger partial charge in [0, 0.05) is 0 Å². The quantitative estimate of drug-likeness (QED) is 0.732. The van der Waals surface area contributed by atoms with Crippen LogP contribution in [0.25, 0.3) is 10.9 Å². The Morgan fingerprint density at radius 3 is 2.81 bits per heavy atom. The first-order valence-corrected chi connectivity index (χ1v) is 4.81. The summed E-state index contributed by atoms with van der Waals surface area (Å²) in [5, 5.41) is 0.448. The molecule has 0 atom stereocenters. The fraction of sp³-hybridized carbons (Fsp3) is 0.182. The van der Waals surface area contributed by atoms with E-state index in [4.69, 9.17) is 0 Å². The van der Waals surface area contributed by atoms with Crippen LogP contribution in [-0.2, 0) is 11.3 Å². The van der Waals surface area contributed by atoms with E-state index in [2.05, 4.69) is 4.98 Å². The summed E-state index contributed by atoms with van der Waals surface area (Å²) in [5.74, 6) is 0. The molecular weight excluding hydrogens is 208 g/mol. The highest BCUT2D eigenvalue weighted by Gasteiger charge is 2.08. The molecule has 0 unspecified atom stereocenters. The van der Waals surface area contributed by atoms with Gasteiger partial charge in [-0.3, -0.25) is 9.36 Å². The molecule has 1 aromatic carbocycles. The third kappa shape index (κ3) is 1.46. The molecule has 0 amide bonds. The van der Waals surface area contributed by atoms with Gasteiger partial charge in [0.1, 0.15) is 6.29 Å². The number of nitrogens with zero attached hydrogens (tertiary/aromatic N) is 1. The van der Waals surface area contributed by atoms with E-state index in [0.717, 1.165) is 10.1 Å². The zero-order valence-electron chi connectivity index (χ0n) is 8.69. The van der Waals surface area contributed by atoms with E-state index in [-0.39, 0.29) is 6.54 Å². The maximum Gasteiger partial charge on any atom is 0.329 e. The average molecular weight is 218 g/mol. The van der Waals surface area contributed by atoms with Crippen LogP contribution in [0, 0.1) is 6.92 Å². The third-order valence-electron chi connectivity index (χ3n) is 2.48. The van der Waals surface area contributed by atoms with Crippen LogP contribution in [-0.4, -0.2) is 15.8 Å². The predicted octanol–water partition coefficient (Wildman–Crippen LogP) is 0.197. The molecule has 5 heteroatoms. The number of hydrogen-bond donors (Lipinski definition) is 1. The molecule has 16 heavy (non-hydrogen) atoms. The lowest BCUT2D eigenvalue weighted by atomic mass is 10.1. The maximum absolute atomic E-state index is 11.9. The van der Waals surface area contributed by atoms with Crippen LogP contribution in [0.2, 0.25) is 0 Å². The first-order chi connectivity index (χ1) is 7.65. The van der Waals surface area contributed by atoms with E-state index < -0.39 is 11.2 Å². The van der Waals surface area contributed by atoms with Crippen LogP contribution >= 0.6 is 0 Å². The topological polar surface area (TPSA) is 71.9 Å². The number of rotatable bonds is 2. The first kappa shape index (κ1) is 10.4. The lowest BCUT2D eigenvalue weighted by Crippen LogP contribution is -2.35. The van der Waals surface area contributed by atoms with Crippen LogP contribution in [0.1, 0.15) is 5.56 Å². The van der Waals surface area contributed by atoms with E-state index in [0.29, 0.717) is 17.2 Å². The fourth-order valence-corrected chi connectivity index (χ4v) is 1.71. The van der Waals surface area contributed by atoms with Gasteiger partial charge < -0.3 is 9.78 Å². The van der Waals surface area contributed by atoms with Gasteiger partial charge in [-0.1, -0.05) is 12.1 Å². The number of aromatic amines is 1. The number of benzene rings is 1. The largest absolute Gasteiger partial charge is 0.329 e. The van der Waals surface area contributed by atoms with E-state index >= 15 is 0 Å². The van der Waals surface area contributed by atoms with Crippen molar-refractivity contribution >= 4 is 17.2 Å². The zero-order valence-corrected chi connectivity index (χ0v) is 8.69. The van der Waals surface area contributed by atoms with Crippen LogP contribution in [0.4, 0.5) is 0 Å². The van der Waals surface area contributed by atoms with Gasteiger partial charge in [-0.25, -0.2) is 4.79 Å². The number of carbonyl (C=O) groups is 1. The second-order valence-electron chi connectivity index (χ2n) is 3.51. The number of nitrogens with one attached hydrogen (secondary N) is 1. The Bertz CT molecular complexity index is 667. The maximum atomic E-state index is 11.9. The molecule has 0 aliphatic heterocycles. The van der Waals surface area contributed by atoms with Gasteiger partial charge in [-0.05, 0) is 18.6 Å². The van der Waals surface area contributed by atoms with Gasteiger partial charge in [-0.15, -0.1) is 0 Å². The Balaban J connectivity index is 2.97. The highest BCUT2D eigenvalue weighted by molar-refractivity contribution is 5.80. The van der Waals surface area contributed by atoms with Crippen molar-refractivity contribution in [2.75, 3.05) is 0 Å². The van der Waals surface area contributed by atoms with Crippen molar-refractivity contribution in [2.24, 2.45) is 0 Å². The number of aryl methyl sites for hydroxylation is 1. The fourth-order valence-electron chi connectivity index (χ4n) is 1.71. The van der Waals surface area contributed by atoms with Gasteiger partial charge >= 0.3 is 5.69 Å². The van der Waals surface area contributed by atoms with Crippen LogP contribution in [0.15, 0.2) is 27.8 Å². The minimum absolute atomic E-state index is 0.224. The van der Waals surface area contributed by atoms with Gasteiger partial charge in [-0.2, -0.15) is 0 Å². The smallest absolute Gasteiger partial charge is 0.307 e. The minimum Gasteiger partial charge on any atom is -0.307 e. The van der Waals surface area contributed by atoms with Gasteiger partial charge in [0.2, 0.25) is 0 Å². The second kappa shape index (κ2) is 3.77. The molecule has 0 saturated carbocycles. The Hall–Kier alpha value is -2.17. The SMILES string of the molecule is Cc1cccc2[nH]c(=O)n(CC=O)c(=O)c12. The molecule has 0 spiro atoms. The summed E-state index contributed by atoms with van der Waals surface area (Å²) in [6.07, 6.45) is 0.529. The van der Waals surface area contributed by atoms with E-state index in [1.54, 1.807) is 25.1 Å². The molecule has 82 valence electrons. The summed E-state index contributed by atoms with van der Waals surface area (Å²) in [6.45, 7) is 1.56. The molecule has 0 aliphatic rings. The van der Waals surface area contributed by atoms with E-state index in [9.17, 15) is 14.4 Å². The van der Waals surface area contributed by atoms with Crippen molar-refractivity contribution in [3.8, 4) is 0 Å². The van der Waals surface area contributed by atoms with Crippen LogP contribution < -0.4 is 11.2 Å². The van der Waals surface area contributed by atoms with Crippen LogP contribution in [0.3, 0.4) is 0 Å². The molecule has 0 radical (unpaired) electrons. The normalized spacial score (nSPS) is 10.6. The number of carbonyl (C=O) groups excluding carboxylic acids is 1. The Morgan fingerprint density at radius 2 is 2.12 bits per heavy atom. The standard InChI is InChI=1S/C11H10N2O3/c1-7-3-2-4-8-9(7)10(15)13(5-6-14)11(16)12-8/h2-4,6H,5H2,1H3,(H,12,16). The summed E-state index contributed by atoms with van der Waals surface area (Å²) in [6, 6.07) is 5.21. The lowest BCUT2D eigenvalue weighted by molar-refractivity contribution is -0.108. The zero-order chi connectivity index (χ0) is 11.7. The molecule has 0 bridgehead atoms. The minimum atomic E-state index is -0.560. The molecule has 0 aliphatic carbocycles. The third-order valence-corrected chi connectivity index (χ3v) is 2.48. The predicted molar refractivity (Wildman–Crippen MR) is 59.6 cm³/mol.